The molecule has 24 heavy (non-hydrogen) atoms. The van der Waals surface area contributed by atoms with Crippen LogP contribution in [-0.4, -0.2) is 23.5 Å². The van der Waals surface area contributed by atoms with Gasteiger partial charge in [-0.05, 0) is 35.0 Å². The largest absolute Gasteiger partial charge is 0.451 e. The SMILES string of the molecule is O=C(COC(=O)c1cc(Cl)ccn1)Nc1ccc2ccccc2c1. The topological polar surface area (TPSA) is 68.3 Å². The van der Waals surface area contributed by atoms with E-state index in [1.165, 1.54) is 12.3 Å². The first-order valence-electron chi connectivity index (χ1n) is 7.19. The third-order valence-corrected chi connectivity index (χ3v) is 3.53. The molecule has 1 amide bonds. The Balaban J connectivity index is 1.59. The number of ether oxygens (including phenoxy) is 1. The van der Waals surface area contributed by atoms with Crippen molar-refractivity contribution in [3.8, 4) is 0 Å². The summed E-state index contributed by atoms with van der Waals surface area (Å²) in [4.78, 5) is 27.6. The molecule has 0 saturated carbocycles. The monoisotopic (exact) mass is 340 g/mol. The van der Waals surface area contributed by atoms with E-state index >= 15 is 0 Å². The van der Waals surface area contributed by atoms with E-state index in [2.05, 4.69) is 10.3 Å². The summed E-state index contributed by atoms with van der Waals surface area (Å²) < 4.78 is 4.93. The molecule has 3 aromatic rings. The number of halogens is 1. The number of pyridine rings is 1. The van der Waals surface area contributed by atoms with E-state index in [-0.39, 0.29) is 5.69 Å². The molecule has 0 atom stereocenters. The van der Waals surface area contributed by atoms with Crippen molar-refractivity contribution in [2.24, 2.45) is 0 Å². The summed E-state index contributed by atoms with van der Waals surface area (Å²) in [6.07, 6.45) is 1.40. The van der Waals surface area contributed by atoms with E-state index in [0.29, 0.717) is 10.7 Å². The second-order valence-corrected chi connectivity index (χ2v) is 5.48. The minimum Gasteiger partial charge on any atom is -0.451 e. The maximum atomic E-state index is 11.9. The summed E-state index contributed by atoms with van der Waals surface area (Å²) in [6, 6.07) is 16.3. The molecule has 0 unspecified atom stereocenters. The highest BCUT2D eigenvalue weighted by Gasteiger charge is 2.12. The van der Waals surface area contributed by atoms with E-state index < -0.39 is 18.5 Å². The molecule has 3 rings (SSSR count). The van der Waals surface area contributed by atoms with Crippen LogP contribution < -0.4 is 5.32 Å². The molecular weight excluding hydrogens is 328 g/mol. The smallest absolute Gasteiger partial charge is 0.357 e. The lowest BCUT2D eigenvalue weighted by molar-refractivity contribution is -0.119. The maximum absolute atomic E-state index is 11.9. The number of amides is 1. The third-order valence-electron chi connectivity index (χ3n) is 3.30. The quantitative estimate of drug-likeness (QED) is 0.735. The molecular formula is C18H13ClN2O3. The standard InChI is InChI=1S/C18H13ClN2O3/c19-14-7-8-20-16(10-14)18(23)24-11-17(22)21-15-6-5-12-3-1-2-4-13(12)9-15/h1-10H,11H2,(H,21,22). The van der Waals surface area contributed by atoms with Gasteiger partial charge in [0.25, 0.3) is 5.91 Å². The van der Waals surface area contributed by atoms with Crippen LogP contribution in [0.15, 0.2) is 60.8 Å². The van der Waals surface area contributed by atoms with E-state index in [4.69, 9.17) is 16.3 Å². The zero-order valence-electron chi connectivity index (χ0n) is 12.5. The Bertz CT molecular complexity index is 911. The normalized spacial score (nSPS) is 10.4. The number of carbonyl (C=O) groups is 2. The first kappa shape index (κ1) is 16.0. The Hall–Kier alpha value is -2.92. The minimum absolute atomic E-state index is 0.0565. The van der Waals surface area contributed by atoms with E-state index in [1.54, 1.807) is 12.1 Å². The summed E-state index contributed by atoms with van der Waals surface area (Å²) >= 11 is 5.78. The third kappa shape index (κ3) is 3.88. The van der Waals surface area contributed by atoms with Gasteiger partial charge in [-0.3, -0.25) is 4.79 Å². The van der Waals surface area contributed by atoms with Crippen molar-refractivity contribution < 1.29 is 14.3 Å². The van der Waals surface area contributed by atoms with Gasteiger partial charge in [-0.1, -0.05) is 41.9 Å². The second-order valence-electron chi connectivity index (χ2n) is 5.05. The molecule has 120 valence electrons. The molecule has 0 aliphatic heterocycles. The number of fused-ring (bicyclic) bond motifs is 1. The molecule has 0 spiro atoms. The van der Waals surface area contributed by atoms with Crippen LogP contribution in [0.25, 0.3) is 10.8 Å². The Kier molecular flexibility index (Phi) is 4.72. The van der Waals surface area contributed by atoms with Crippen LogP contribution in [0, 0.1) is 0 Å². The van der Waals surface area contributed by atoms with Crippen molar-refractivity contribution >= 4 is 39.9 Å². The number of nitrogens with zero attached hydrogens (tertiary/aromatic N) is 1. The van der Waals surface area contributed by atoms with Crippen molar-refractivity contribution in [1.82, 2.24) is 4.98 Å². The number of hydrogen-bond acceptors (Lipinski definition) is 4. The van der Waals surface area contributed by atoms with Gasteiger partial charge >= 0.3 is 5.97 Å². The molecule has 5 nitrogen and oxygen atoms in total. The molecule has 6 heteroatoms. The number of rotatable bonds is 4. The highest BCUT2D eigenvalue weighted by atomic mass is 35.5. The summed E-state index contributed by atoms with van der Waals surface area (Å²) in [6.45, 7) is -0.403. The average Bonchev–Trinajstić information content (AvgIpc) is 2.59. The average molecular weight is 341 g/mol. The van der Waals surface area contributed by atoms with E-state index in [9.17, 15) is 9.59 Å². The number of hydrogen-bond donors (Lipinski definition) is 1. The first-order chi connectivity index (χ1) is 11.6. The fourth-order valence-corrected chi connectivity index (χ4v) is 2.35. The van der Waals surface area contributed by atoms with Gasteiger partial charge < -0.3 is 10.1 Å². The van der Waals surface area contributed by atoms with Gasteiger partial charge in [-0.15, -0.1) is 0 Å². The zero-order valence-corrected chi connectivity index (χ0v) is 13.3. The fraction of sp³-hybridized carbons (Fsp3) is 0.0556. The summed E-state index contributed by atoms with van der Waals surface area (Å²) in [5.41, 5.74) is 0.691. The van der Waals surface area contributed by atoms with Crippen molar-refractivity contribution in [2.75, 3.05) is 11.9 Å². The molecule has 1 aromatic heterocycles. The van der Waals surface area contributed by atoms with E-state index in [0.717, 1.165) is 10.8 Å². The lowest BCUT2D eigenvalue weighted by atomic mass is 10.1. The van der Waals surface area contributed by atoms with Gasteiger partial charge in [0.1, 0.15) is 5.69 Å². The highest BCUT2D eigenvalue weighted by molar-refractivity contribution is 6.30. The van der Waals surface area contributed by atoms with Crippen LogP contribution in [-0.2, 0) is 9.53 Å². The molecule has 0 fully saturated rings. The number of benzene rings is 2. The van der Waals surface area contributed by atoms with Gasteiger partial charge in [-0.25, -0.2) is 9.78 Å². The Morgan fingerprint density at radius 3 is 2.62 bits per heavy atom. The van der Waals surface area contributed by atoms with Crippen LogP contribution in [0.1, 0.15) is 10.5 Å². The first-order valence-corrected chi connectivity index (χ1v) is 7.57. The number of anilines is 1. The predicted molar refractivity (Wildman–Crippen MR) is 92.1 cm³/mol. The fourth-order valence-electron chi connectivity index (χ4n) is 2.19. The predicted octanol–water partition coefficient (Wildman–Crippen LogP) is 3.68. The molecule has 0 aliphatic carbocycles. The zero-order chi connectivity index (χ0) is 16.9. The van der Waals surface area contributed by atoms with Crippen LogP contribution in [0.2, 0.25) is 5.02 Å². The van der Waals surface area contributed by atoms with Gasteiger partial charge in [0.05, 0.1) is 0 Å². The molecule has 0 bridgehead atoms. The summed E-state index contributed by atoms with van der Waals surface area (Å²) in [7, 11) is 0. The molecule has 0 aliphatic rings. The highest BCUT2D eigenvalue weighted by Crippen LogP contribution is 2.18. The molecule has 0 radical (unpaired) electrons. The Morgan fingerprint density at radius 2 is 1.83 bits per heavy atom. The van der Waals surface area contributed by atoms with Crippen LogP contribution in [0.5, 0.6) is 0 Å². The van der Waals surface area contributed by atoms with Gasteiger partial charge in [0.15, 0.2) is 6.61 Å². The Morgan fingerprint density at radius 1 is 1.04 bits per heavy atom. The van der Waals surface area contributed by atoms with Gasteiger partial charge in [0, 0.05) is 16.9 Å². The summed E-state index contributed by atoms with van der Waals surface area (Å²) in [5.74, 6) is -1.13. The van der Waals surface area contributed by atoms with Crippen molar-refractivity contribution in [1.29, 1.82) is 0 Å². The number of esters is 1. The molecule has 1 N–H and O–H groups in total. The molecule has 2 aromatic carbocycles. The van der Waals surface area contributed by atoms with Crippen molar-refractivity contribution in [3.05, 3.63) is 71.5 Å². The van der Waals surface area contributed by atoms with Gasteiger partial charge in [0.2, 0.25) is 0 Å². The maximum Gasteiger partial charge on any atom is 0.357 e. The summed E-state index contributed by atoms with van der Waals surface area (Å²) in [5, 5.41) is 5.15. The van der Waals surface area contributed by atoms with E-state index in [1.807, 2.05) is 36.4 Å². The second kappa shape index (κ2) is 7.10. The Labute approximate surface area is 143 Å². The lowest BCUT2D eigenvalue weighted by Crippen LogP contribution is -2.21. The number of aromatic nitrogens is 1. The lowest BCUT2D eigenvalue weighted by Gasteiger charge is -2.07. The molecule has 0 saturated heterocycles. The van der Waals surface area contributed by atoms with Crippen LogP contribution >= 0.6 is 11.6 Å². The number of carbonyl (C=O) groups excluding carboxylic acids is 2. The van der Waals surface area contributed by atoms with Gasteiger partial charge in [-0.2, -0.15) is 0 Å². The van der Waals surface area contributed by atoms with Crippen LogP contribution in [0.3, 0.4) is 0 Å². The molecule has 1 heterocycles. The van der Waals surface area contributed by atoms with Crippen molar-refractivity contribution in [3.63, 3.8) is 0 Å². The van der Waals surface area contributed by atoms with Crippen LogP contribution in [0.4, 0.5) is 5.69 Å². The minimum atomic E-state index is -0.703. The number of nitrogens with one attached hydrogen (secondary N) is 1. The van der Waals surface area contributed by atoms with Crippen molar-refractivity contribution in [2.45, 2.75) is 0 Å².